The Labute approximate surface area is 118 Å². The van der Waals surface area contributed by atoms with Gasteiger partial charge in [-0.05, 0) is 42.4 Å². The molecule has 1 fully saturated rings. The molecule has 1 aromatic carbocycles. The van der Waals surface area contributed by atoms with E-state index in [1.807, 2.05) is 0 Å². The van der Waals surface area contributed by atoms with Crippen molar-refractivity contribution in [3.8, 4) is 0 Å². The number of halogens is 2. The second kappa shape index (κ2) is 5.15. The summed E-state index contributed by atoms with van der Waals surface area (Å²) in [7, 11) is 0. The van der Waals surface area contributed by atoms with Gasteiger partial charge in [-0.2, -0.15) is 0 Å². The van der Waals surface area contributed by atoms with Crippen molar-refractivity contribution in [3.63, 3.8) is 0 Å². The zero-order chi connectivity index (χ0) is 15.1. The quantitative estimate of drug-likeness (QED) is 0.785. The molecule has 0 aromatic heterocycles. The largest absolute Gasteiger partial charge is 0.466 e. The second-order valence-electron chi connectivity index (χ2n) is 6.31. The van der Waals surface area contributed by atoms with Gasteiger partial charge < -0.3 is 4.74 Å². The number of carbonyl (C=O) groups is 1. The van der Waals surface area contributed by atoms with Crippen LogP contribution in [0.5, 0.6) is 0 Å². The Morgan fingerprint density at radius 3 is 2.30 bits per heavy atom. The lowest BCUT2D eigenvalue weighted by Crippen LogP contribution is -2.16. The summed E-state index contributed by atoms with van der Waals surface area (Å²) in [5.74, 6) is -1.73. The van der Waals surface area contributed by atoms with Gasteiger partial charge >= 0.3 is 5.97 Å². The first-order chi connectivity index (χ1) is 9.25. The summed E-state index contributed by atoms with van der Waals surface area (Å²) in [5, 5.41) is 0. The molecule has 1 aliphatic rings. The second-order valence-corrected chi connectivity index (χ2v) is 6.31. The monoisotopic (exact) mass is 282 g/mol. The predicted molar refractivity (Wildman–Crippen MR) is 72.5 cm³/mol. The van der Waals surface area contributed by atoms with Gasteiger partial charge in [0.25, 0.3) is 0 Å². The molecular formula is C16H20F2O2. The van der Waals surface area contributed by atoms with Gasteiger partial charge in [0.2, 0.25) is 0 Å². The normalized spacial score (nSPS) is 21.7. The topological polar surface area (TPSA) is 26.3 Å². The maximum absolute atomic E-state index is 14.1. The third-order valence-corrected chi connectivity index (χ3v) is 3.62. The molecule has 2 nitrogen and oxygen atoms in total. The van der Waals surface area contributed by atoms with Crippen molar-refractivity contribution < 1.29 is 18.3 Å². The highest BCUT2D eigenvalue weighted by molar-refractivity contribution is 5.77. The summed E-state index contributed by atoms with van der Waals surface area (Å²) in [6.45, 7) is 7.38. The Morgan fingerprint density at radius 2 is 1.85 bits per heavy atom. The van der Waals surface area contributed by atoms with Crippen molar-refractivity contribution in [2.24, 2.45) is 5.92 Å². The third kappa shape index (κ3) is 2.84. The summed E-state index contributed by atoms with van der Waals surface area (Å²) >= 11 is 0. The highest BCUT2D eigenvalue weighted by atomic mass is 19.1. The molecule has 0 saturated heterocycles. The molecule has 110 valence electrons. The minimum atomic E-state index is -0.587. The molecule has 20 heavy (non-hydrogen) atoms. The van der Waals surface area contributed by atoms with Gasteiger partial charge in [-0.1, -0.05) is 20.8 Å². The van der Waals surface area contributed by atoms with Gasteiger partial charge in [-0.25, -0.2) is 8.78 Å². The maximum atomic E-state index is 14.1. The van der Waals surface area contributed by atoms with Crippen LogP contribution in [0.15, 0.2) is 12.1 Å². The van der Waals surface area contributed by atoms with Crippen LogP contribution in [-0.4, -0.2) is 12.6 Å². The first-order valence-electron chi connectivity index (χ1n) is 6.91. The molecule has 0 bridgehead atoms. The van der Waals surface area contributed by atoms with E-state index in [9.17, 15) is 13.6 Å². The molecule has 0 amide bonds. The van der Waals surface area contributed by atoms with Crippen LogP contribution >= 0.6 is 0 Å². The number of benzene rings is 1. The van der Waals surface area contributed by atoms with Crippen LogP contribution in [0.3, 0.4) is 0 Å². The van der Waals surface area contributed by atoms with Crippen molar-refractivity contribution in [1.29, 1.82) is 0 Å². The molecule has 1 aliphatic carbocycles. The van der Waals surface area contributed by atoms with Crippen LogP contribution in [0, 0.1) is 17.6 Å². The molecule has 0 N–H and O–H groups in total. The Hall–Kier alpha value is -1.45. The highest BCUT2D eigenvalue weighted by Crippen LogP contribution is 2.49. The lowest BCUT2D eigenvalue weighted by molar-refractivity contribution is -0.144. The lowest BCUT2D eigenvalue weighted by atomic mass is 9.85. The molecule has 0 spiro atoms. The number of ether oxygens (including phenoxy) is 1. The average Bonchev–Trinajstić information content (AvgIpc) is 3.05. The van der Waals surface area contributed by atoms with E-state index in [0.29, 0.717) is 18.6 Å². The number of hydrogen-bond acceptors (Lipinski definition) is 2. The summed E-state index contributed by atoms with van der Waals surface area (Å²) < 4.78 is 33.2. The molecule has 1 aromatic rings. The number of carbonyl (C=O) groups excluding carboxylic acids is 1. The van der Waals surface area contributed by atoms with Crippen molar-refractivity contribution in [2.45, 2.75) is 45.4 Å². The van der Waals surface area contributed by atoms with Crippen LogP contribution in [0.4, 0.5) is 8.78 Å². The van der Waals surface area contributed by atoms with Crippen molar-refractivity contribution in [2.75, 3.05) is 6.61 Å². The molecular weight excluding hydrogens is 262 g/mol. The van der Waals surface area contributed by atoms with Crippen molar-refractivity contribution >= 4 is 5.97 Å². The van der Waals surface area contributed by atoms with E-state index >= 15 is 0 Å². The standard InChI is InChI=1S/C16H20F2O2/c1-5-20-15(19)11-8-10(11)9-6-12(17)14(13(18)7-9)16(2,3)4/h6-7,10-11H,5,8H2,1-4H3. The van der Waals surface area contributed by atoms with E-state index in [-0.39, 0.29) is 23.4 Å². The fourth-order valence-electron chi connectivity index (χ4n) is 2.60. The van der Waals surface area contributed by atoms with Crippen molar-refractivity contribution in [1.82, 2.24) is 0 Å². The zero-order valence-corrected chi connectivity index (χ0v) is 12.3. The fraction of sp³-hybridized carbons (Fsp3) is 0.562. The van der Waals surface area contributed by atoms with Crippen LogP contribution in [0.25, 0.3) is 0 Å². The number of rotatable bonds is 3. The molecule has 1 saturated carbocycles. The van der Waals surface area contributed by atoms with Gasteiger partial charge in [0.1, 0.15) is 11.6 Å². The summed E-state index contributed by atoms with van der Waals surface area (Å²) in [6, 6.07) is 2.71. The smallest absolute Gasteiger partial charge is 0.309 e. The molecule has 2 unspecified atom stereocenters. The van der Waals surface area contributed by atoms with Gasteiger partial charge in [0.15, 0.2) is 0 Å². The molecule has 0 radical (unpaired) electrons. The Morgan fingerprint density at radius 1 is 1.30 bits per heavy atom. The van der Waals surface area contributed by atoms with Gasteiger partial charge in [-0.3, -0.25) is 4.79 Å². The van der Waals surface area contributed by atoms with Crippen molar-refractivity contribution in [3.05, 3.63) is 34.9 Å². The SMILES string of the molecule is CCOC(=O)C1CC1c1cc(F)c(C(C)(C)C)c(F)c1. The Balaban J connectivity index is 2.23. The van der Waals surface area contributed by atoms with Crippen LogP contribution < -0.4 is 0 Å². The van der Waals surface area contributed by atoms with Crippen LogP contribution in [-0.2, 0) is 14.9 Å². The molecule has 0 heterocycles. The maximum Gasteiger partial charge on any atom is 0.309 e. The van der Waals surface area contributed by atoms with E-state index < -0.39 is 17.0 Å². The van der Waals surface area contributed by atoms with Gasteiger partial charge in [0, 0.05) is 5.56 Å². The molecule has 2 atom stereocenters. The van der Waals surface area contributed by atoms with E-state index in [0.717, 1.165) is 0 Å². The van der Waals surface area contributed by atoms with Crippen LogP contribution in [0.2, 0.25) is 0 Å². The molecule has 0 aliphatic heterocycles. The first kappa shape index (κ1) is 14.9. The summed E-state index contributed by atoms with van der Waals surface area (Å²) in [4.78, 5) is 11.6. The summed E-state index contributed by atoms with van der Waals surface area (Å²) in [5.41, 5.74) is 0.0530. The highest BCUT2D eigenvalue weighted by Gasteiger charge is 2.45. The van der Waals surface area contributed by atoms with E-state index in [2.05, 4.69) is 0 Å². The van der Waals surface area contributed by atoms with Gasteiger partial charge in [-0.15, -0.1) is 0 Å². The first-order valence-corrected chi connectivity index (χ1v) is 6.91. The number of hydrogen-bond donors (Lipinski definition) is 0. The van der Waals surface area contributed by atoms with Crippen LogP contribution in [0.1, 0.15) is 51.2 Å². The minimum Gasteiger partial charge on any atom is -0.466 e. The molecule has 4 heteroatoms. The van der Waals surface area contributed by atoms with E-state index in [4.69, 9.17) is 4.74 Å². The zero-order valence-electron chi connectivity index (χ0n) is 12.3. The minimum absolute atomic E-state index is 0.0922. The van der Waals surface area contributed by atoms with E-state index in [1.54, 1.807) is 27.7 Å². The van der Waals surface area contributed by atoms with Gasteiger partial charge in [0.05, 0.1) is 12.5 Å². The average molecular weight is 282 g/mol. The Kier molecular flexibility index (Phi) is 3.85. The predicted octanol–water partition coefficient (Wildman–Crippen LogP) is 3.93. The number of esters is 1. The fourth-order valence-corrected chi connectivity index (χ4v) is 2.60. The lowest BCUT2D eigenvalue weighted by Gasteiger charge is -2.21. The van der Waals surface area contributed by atoms with E-state index in [1.165, 1.54) is 12.1 Å². The third-order valence-electron chi connectivity index (χ3n) is 3.62. The Bertz CT molecular complexity index is 509. The summed E-state index contributed by atoms with van der Waals surface area (Å²) in [6.07, 6.45) is 0.604. The molecule has 2 rings (SSSR count).